The number of aliphatic hydroxyl groups is 3. The molecule has 0 aliphatic heterocycles. The van der Waals surface area contributed by atoms with E-state index in [9.17, 15) is 15.3 Å². The smallest absolute Gasteiger partial charge is 0.157 e. The van der Waals surface area contributed by atoms with E-state index >= 15 is 0 Å². The summed E-state index contributed by atoms with van der Waals surface area (Å²) in [4.78, 5) is 0. The predicted molar refractivity (Wildman–Crippen MR) is 82.0 cm³/mol. The van der Waals surface area contributed by atoms with E-state index in [1.54, 1.807) is 0 Å². The van der Waals surface area contributed by atoms with Crippen molar-refractivity contribution in [2.75, 3.05) is 13.4 Å². The van der Waals surface area contributed by atoms with Crippen LogP contribution in [0.15, 0.2) is 0 Å². The Morgan fingerprint density at radius 2 is 1.82 bits per heavy atom. The van der Waals surface area contributed by atoms with Crippen LogP contribution in [0.5, 0.6) is 0 Å². The fraction of sp³-hybridized carbons (Fsp3) is 1.00. The number of rotatable bonds is 10. The molecule has 3 atom stereocenters. The second kappa shape index (κ2) is 9.80. The standard InChI is InChI=1S/C16H32O6/c1-4-16(2,3)22-14(17)9-10-20-11-21-13-8-6-5-7-12(13)15(18)19/h12-15,17-19H,4-11H2,1-3H3. The molecular weight excluding hydrogens is 288 g/mol. The molecule has 0 spiro atoms. The monoisotopic (exact) mass is 320 g/mol. The van der Waals surface area contributed by atoms with Crippen LogP contribution in [0.3, 0.4) is 0 Å². The number of ether oxygens (including phenoxy) is 3. The lowest BCUT2D eigenvalue weighted by Crippen LogP contribution is -2.36. The first-order valence-corrected chi connectivity index (χ1v) is 8.27. The van der Waals surface area contributed by atoms with Crippen molar-refractivity contribution in [3.8, 4) is 0 Å². The van der Waals surface area contributed by atoms with E-state index in [1.165, 1.54) is 0 Å². The average molecular weight is 320 g/mol. The van der Waals surface area contributed by atoms with Gasteiger partial charge in [-0.25, -0.2) is 0 Å². The van der Waals surface area contributed by atoms with Gasteiger partial charge in [0.05, 0.1) is 18.3 Å². The average Bonchev–Trinajstić information content (AvgIpc) is 2.46. The molecular formula is C16H32O6. The molecule has 0 aromatic rings. The van der Waals surface area contributed by atoms with E-state index < -0.39 is 12.6 Å². The maximum Gasteiger partial charge on any atom is 0.157 e. The maximum atomic E-state index is 9.77. The van der Waals surface area contributed by atoms with Crippen LogP contribution >= 0.6 is 0 Å². The van der Waals surface area contributed by atoms with Gasteiger partial charge in [0, 0.05) is 12.3 Å². The highest BCUT2D eigenvalue weighted by molar-refractivity contribution is 4.77. The van der Waals surface area contributed by atoms with Crippen LogP contribution in [0.1, 0.15) is 59.3 Å². The summed E-state index contributed by atoms with van der Waals surface area (Å²) in [6.07, 6.45) is 2.46. The minimum atomic E-state index is -1.34. The highest BCUT2D eigenvalue weighted by Crippen LogP contribution is 2.28. The van der Waals surface area contributed by atoms with Crippen molar-refractivity contribution >= 4 is 0 Å². The Kier molecular flexibility index (Phi) is 8.82. The summed E-state index contributed by atoms with van der Waals surface area (Å²) in [7, 11) is 0. The van der Waals surface area contributed by atoms with E-state index in [0.29, 0.717) is 13.0 Å². The first-order valence-electron chi connectivity index (χ1n) is 8.27. The molecule has 1 saturated carbocycles. The van der Waals surface area contributed by atoms with Crippen LogP contribution in [-0.2, 0) is 14.2 Å². The molecule has 0 radical (unpaired) electrons. The zero-order valence-corrected chi connectivity index (χ0v) is 14.0. The summed E-state index contributed by atoms with van der Waals surface area (Å²) in [5, 5.41) is 28.4. The van der Waals surface area contributed by atoms with E-state index in [0.717, 1.165) is 32.1 Å². The predicted octanol–water partition coefficient (Wildman–Crippen LogP) is 1.76. The van der Waals surface area contributed by atoms with Gasteiger partial charge in [-0.05, 0) is 33.1 Å². The quantitative estimate of drug-likeness (QED) is 0.420. The zero-order valence-electron chi connectivity index (χ0n) is 14.0. The molecule has 3 N–H and O–H groups in total. The fourth-order valence-corrected chi connectivity index (χ4v) is 2.56. The van der Waals surface area contributed by atoms with Gasteiger partial charge in [-0.15, -0.1) is 0 Å². The topological polar surface area (TPSA) is 88.4 Å². The first-order chi connectivity index (χ1) is 10.4. The van der Waals surface area contributed by atoms with Crippen LogP contribution < -0.4 is 0 Å². The number of hydrogen-bond acceptors (Lipinski definition) is 6. The lowest BCUT2D eigenvalue weighted by atomic mass is 9.86. The third kappa shape index (κ3) is 7.35. The lowest BCUT2D eigenvalue weighted by Gasteiger charge is -2.32. The van der Waals surface area contributed by atoms with Gasteiger partial charge >= 0.3 is 0 Å². The van der Waals surface area contributed by atoms with Crippen molar-refractivity contribution in [3.05, 3.63) is 0 Å². The normalized spacial score (nSPS) is 24.7. The van der Waals surface area contributed by atoms with Crippen molar-refractivity contribution in [1.82, 2.24) is 0 Å². The summed E-state index contributed by atoms with van der Waals surface area (Å²) < 4.78 is 16.5. The zero-order chi connectivity index (χ0) is 16.6. The minimum absolute atomic E-state index is 0.0950. The van der Waals surface area contributed by atoms with Crippen molar-refractivity contribution in [1.29, 1.82) is 0 Å². The van der Waals surface area contributed by atoms with Gasteiger partial charge in [0.1, 0.15) is 6.79 Å². The van der Waals surface area contributed by atoms with E-state index in [-0.39, 0.29) is 24.4 Å². The Balaban J connectivity index is 2.14. The van der Waals surface area contributed by atoms with E-state index in [2.05, 4.69) is 0 Å². The molecule has 3 unspecified atom stereocenters. The summed E-state index contributed by atoms with van der Waals surface area (Å²) >= 11 is 0. The van der Waals surface area contributed by atoms with Gasteiger partial charge in [0.15, 0.2) is 12.6 Å². The molecule has 6 nitrogen and oxygen atoms in total. The molecule has 1 rings (SSSR count). The summed E-state index contributed by atoms with van der Waals surface area (Å²) in [5.41, 5.74) is -0.345. The van der Waals surface area contributed by atoms with Gasteiger partial charge in [-0.1, -0.05) is 19.8 Å². The van der Waals surface area contributed by atoms with Crippen LogP contribution in [0.25, 0.3) is 0 Å². The lowest BCUT2D eigenvalue weighted by molar-refractivity contribution is -0.194. The molecule has 0 heterocycles. The van der Waals surface area contributed by atoms with Gasteiger partial charge in [0.2, 0.25) is 0 Å². The maximum absolute atomic E-state index is 9.77. The van der Waals surface area contributed by atoms with Crippen molar-refractivity contribution in [2.45, 2.75) is 83.6 Å². The number of aliphatic hydroxyl groups excluding tert-OH is 2. The van der Waals surface area contributed by atoms with Crippen molar-refractivity contribution < 1.29 is 29.5 Å². The largest absolute Gasteiger partial charge is 0.368 e. The Morgan fingerprint density at radius 1 is 1.14 bits per heavy atom. The Labute approximate surface area is 133 Å². The van der Waals surface area contributed by atoms with Crippen molar-refractivity contribution in [3.63, 3.8) is 0 Å². The third-order valence-corrected chi connectivity index (χ3v) is 4.32. The molecule has 0 aromatic carbocycles. The van der Waals surface area contributed by atoms with Gasteiger partial charge < -0.3 is 29.5 Å². The second-order valence-corrected chi connectivity index (χ2v) is 6.57. The minimum Gasteiger partial charge on any atom is -0.368 e. The van der Waals surface area contributed by atoms with Gasteiger partial charge in [0.25, 0.3) is 0 Å². The highest BCUT2D eigenvalue weighted by Gasteiger charge is 2.30. The SMILES string of the molecule is CCC(C)(C)OC(O)CCOCOC1CCCCC1C(O)O. The molecule has 22 heavy (non-hydrogen) atoms. The molecule has 0 aromatic heterocycles. The first kappa shape index (κ1) is 19.8. The molecule has 6 heteroatoms. The molecule has 1 aliphatic rings. The summed E-state index contributed by atoms with van der Waals surface area (Å²) in [6, 6.07) is 0. The molecule has 0 amide bonds. The fourth-order valence-electron chi connectivity index (χ4n) is 2.56. The molecule has 0 saturated heterocycles. The third-order valence-electron chi connectivity index (χ3n) is 4.32. The Bertz CT molecular complexity index is 294. The Morgan fingerprint density at radius 3 is 2.45 bits per heavy atom. The van der Waals surface area contributed by atoms with Gasteiger partial charge in [-0.3, -0.25) is 0 Å². The van der Waals surface area contributed by atoms with E-state index in [1.807, 2.05) is 20.8 Å². The van der Waals surface area contributed by atoms with Crippen LogP contribution in [-0.4, -0.2) is 53.0 Å². The molecule has 1 fully saturated rings. The summed E-state index contributed by atoms with van der Waals surface area (Å²) in [5.74, 6) is -0.239. The highest BCUT2D eigenvalue weighted by atomic mass is 16.7. The van der Waals surface area contributed by atoms with Gasteiger partial charge in [-0.2, -0.15) is 0 Å². The Hall–Kier alpha value is -0.240. The molecule has 1 aliphatic carbocycles. The summed E-state index contributed by atoms with van der Waals surface area (Å²) in [6.45, 7) is 6.30. The number of hydrogen-bond donors (Lipinski definition) is 3. The molecule has 0 bridgehead atoms. The van der Waals surface area contributed by atoms with Crippen LogP contribution in [0.2, 0.25) is 0 Å². The van der Waals surface area contributed by atoms with Crippen molar-refractivity contribution in [2.24, 2.45) is 5.92 Å². The van der Waals surface area contributed by atoms with Crippen LogP contribution in [0, 0.1) is 5.92 Å². The van der Waals surface area contributed by atoms with Crippen LogP contribution in [0.4, 0.5) is 0 Å². The molecule has 132 valence electrons. The van der Waals surface area contributed by atoms with E-state index in [4.69, 9.17) is 14.2 Å². The second-order valence-electron chi connectivity index (χ2n) is 6.57.